The molecule has 8 nitrogen and oxygen atoms in total. The van der Waals surface area contributed by atoms with E-state index in [9.17, 15) is 9.59 Å². The fourth-order valence-electron chi connectivity index (χ4n) is 2.62. The lowest BCUT2D eigenvalue weighted by molar-refractivity contribution is 0.0691. The van der Waals surface area contributed by atoms with Crippen LogP contribution in [0.4, 0.5) is 5.69 Å². The van der Waals surface area contributed by atoms with Crippen LogP contribution in [-0.2, 0) is 0 Å². The number of piperazine rings is 1. The average molecular weight is 337 g/mol. The lowest BCUT2D eigenvalue weighted by Gasteiger charge is -2.35. The molecule has 0 saturated carbocycles. The number of hydrogen-bond acceptors (Lipinski definition) is 6. The summed E-state index contributed by atoms with van der Waals surface area (Å²) in [5.41, 5.74) is 1.57. The number of aromatic carboxylic acids is 1. The van der Waals surface area contributed by atoms with E-state index in [1.807, 2.05) is 12.1 Å². The highest BCUT2D eigenvalue weighted by Gasteiger charge is 2.23. The first kappa shape index (κ1) is 16.4. The number of anilines is 1. The molecule has 1 aliphatic rings. The predicted octanol–water partition coefficient (Wildman–Crippen LogP) is 1.01. The summed E-state index contributed by atoms with van der Waals surface area (Å²) in [5, 5.41) is 17.7. The van der Waals surface area contributed by atoms with Crippen LogP contribution in [0.25, 0.3) is 0 Å². The molecule has 1 N–H and O–H groups in total. The van der Waals surface area contributed by atoms with E-state index in [0.717, 1.165) is 5.69 Å². The first-order valence-corrected chi connectivity index (χ1v) is 7.68. The van der Waals surface area contributed by atoms with Crippen LogP contribution >= 0.6 is 0 Å². The van der Waals surface area contributed by atoms with Gasteiger partial charge in [-0.05, 0) is 24.3 Å². The minimum absolute atomic E-state index is 0.0506. The maximum atomic E-state index is 12.5. The third-order valence-corrected chi connectivity index (χ3v) is 4.02. The molecule has 0 unspecified atom stereocenters. The molecule has 1 amide bonds. The monoisotopic (exact) mass is 337 g/mol. The van der Waals surface area contributed by atoms with Gasteiger partial charge in [0.2, 0.25) is 0 Å². The topological polar surface area (TPSA) is 110 Å². The normalized spacial score (nSPS) is 14.0. The summed E-state index contributed by atoms with van der Waals surface area (Å²) in [6.07, 6.45) is 2.84. The van der Waals surface area contributed by atoms with Crippen molar-refractivity contribution >= 4 is 17.6 Å². The van der Waals surface area contributed by atoms with Crippen molar-refractivity contribution in [2.24, 2.45) is 0 Å². The van der Waals surface area contributed by atoms with Crippen molar-refractivity contribution in [1.82, 2.24) is 14.9 Å². The van der Waals surface area contributed by atoms with E-state index < -0.39 is 5.97 Å². The van der Waals surface area contributed by atoms with E-state index in [0.29, 0.717) is 31.9 Å². The third-order valence-electron chi connectivity index (χ3n) is 4.02. The summed E-state index contributed by atoms with van der Waals surface area (Å²) in [6.45, 7) is 2.35. The van der Waals surface area contributed by atoms with Crippen LogP contribution in [0.5, 0.6) is 0 Å². The maximum Gasteiger partial charge on any atom is 0.337 e. The van der Waals surface area contributed by atoms with Crippen molar-refractivity contribution < 1.29 is 14.7 Å². The molecule has 1 aliphatic heterocycles. The van der Waals surface area contributed by atoms with Crippen molar-refractivity contribution in [2.45, 2.75) is 0 Å². The van der Waals surface area contributed by atoms with Gasteiger partial charge in [-0.15, -0.1) is 0 Å². The van der Waals surface area contributed by atoms with E-state index in [1.165, 1.54) is 18.3 Å². The first-order chi connectivity index (χ1) is 12.1. The summed E-state index contributed by atoms with van der Waals surface area (Å²) < 4.78 is 0. The van der Waals surface area contributed by atoms with Crippen molar-refractivity contribution in [3.8, 4) is 6.07 Å². The zero-order valence-electron chi connectivity index (χ0n) is 13.3. The van der Waals surface area contributed by atoms with E-state index in [1.54, 1.807) is 17.2 Å². The highest BCUT2D eigenvalue weighted by Crippen LogP contribution is 2.16. The van der Waals surface area contributed by atoms with E-state index in [2.05, 4.69) is 14.9 Å². The van der Waals surface area contributed by atoms with E-state index in [4.69, 9.17) is 10.4 Å². The van der Waals surface area contributed by atoms with Gasteiger partial charge in [-0.3, -0.25) is 9.78 Å². The van der Waals surface area contributed by atoms with Crippen molar-refractivity contribution in [1.29, 1.82) is 5.26 Å². The van der Waals surface area contributed by atoms with Gasteiger partial charge in [-0.1, -0.05) is 0 Å². The second-order valence-corrected chi connectivity index (χ2v) is 5.53. The van der Waals surface area contributed by atoms with Gasteiger partial charge in [0.1, 0.15) is 17.5 Å². The number of pyridine rings is 2. The Morgan fingerprint density at radius 2 is 1.80 bits per heavy atom. The van der Waals surface area contributed by atoms with Gasteiger partial charge in [0.15, 0.2) is 0 Å². The number of carbonyl (C=O) groups excluding carboxylic acids is 1. The Morgan fingerprint density at radius 3 is 2.32 bits per heavy atom. The molecule has 0 bridgehead atoms. The smallest absolute Gasteiger partial charge is 0.337 e. The largest absolute Gasteiger partial charge is 0.478 e. The Morgan fingerprint density at radius 1 is 1.04 bits per heavy atom. The minimum Gasteiger partial charge on any atom is -0.478 e. The molecule has 126 valence electrons. The number of carbonyl (C=O) groups is 2. The summed E-state index contributed by atoms with van der Waals surface area (Å²) in [7, 11) is 0. The van der Waals surface area contributed by atoms with Gasteiger partial charge in [0, 0.05) is 32.4 Å². The molecule has 0 aromatic carbocycles. The quantitative estimate of drug-likeness (QED) is 0.889. The lowest BCUT2D eigenvalue weighted by atomic mass is 10.2. The number of rotatable bonds is 3. The van der Waals surface area contributed by atoms with Crippen LogP contribution in [-0.4, -0.2) is 58.0 Å². The number of carboxylic acid groups (broad SMARTS) is 1. The average Bonchev–Trinajstić information content (AvgIpc) is 2.67. The molecule has 0 atom stereocenters. The van der Waals surface area contributed by atoms with Gasteiger partial charge < -0.3 is 14.9 Å². The molecule has 2 aromatic rings. The van der Waals surface area contributed by atoms with Gasteiger partial charge in [-0.25, -0.2) is 9.78 Å². The molecule has 0 aliphatic carbocycles. The Kier molecular flexibility index (Phi) is 4.57. The molecule has 1 fully saturated rings. The Balaban J connectivity index is 1.62. The lowest BCUT2D eigenvalue weighted by Crippen LogP contribution is -2.49. The number of nitrogens with zero attached hydrogens (tertiary/aromatic N) is 5. The summed E-state index contributed by atoms with van der Waals surface area (Å²) in [4.78, 5) is 35.1. The molecule has 0 spiro atoms. The fraction of sp³-hybridized carbons (Fsp3) is 0.235. The number of carboxylic acids is 1. The number of amides is 1. The van der Waals surface area contributed by atoms with Crippen LogP contribution in [0.3, 0.4) is 0 Å². The number of nitriles is 1. The molecule has 3 rings (SSSR count). The molecule has 25 heavy (non-hydrogen) atoms. The Hall–Kier alpha value is -3.47. The SMILES string of the molecule is N#Cc1ccc(N2CCN(C(=O)c3ccc(C(=O)O)cn3)CC2)cn1. The first-order valence-electron chi connectivity index (χ1n) is 7.68. The molecular weight excluding hydrogens is 322 g/mol. The number of hydrogen-bond donors (Lipinski definition) is 1. The van der Waals surface area contributed by atoms with Crippen LogP contribution in [0.1, 0.15) is 26.5 Å². The predicted molar refractivity (Wildman–Crippen MR) is 88.3 cm³/mol. The van der Waals surface area contributed by atoms with Gasteiger partial charge >= 0.3 is 5.97 Å². The van der Waals surface area contributed by atoms with Gasteiger partial charge in [-0.2, -0.15) is 5.26 Å². The Labute approximate surface area is 144 Å². The molecule has 2 aromatic heterocycles. The molecule has 3 heterocycles. The van der Waals surface area contributed by atoms with Crippen LogP contribution < -0.4 is 4.90 Å². The fourth-order valence-corrected chi connectivity index (χ4v) is 2.62. The number of aromatic nitrogens is 2. The van der Waals surface area contributed by atoms with Crippen LogP contribution in [0, 0.1) is 11.3 Å². The van der Waals surface area contributed by atoms with Gasteiger partial charge in [0.25, 0.3) is 5.91 Å². The molecule has 0 radical (unpaired) electrons. The molecule has 8 heteroatoms. The maximum absolute atomic E-state index is 12.5. The van der Waals surface area contributed by atoms with E-state index >= 15 is 0 Å². The molecule has 1 saturated heterocycles. The zero-order chi connectivity index (χ0) is 17.8. The summed E-state index contributed by atoms with van der Waals surface area (Å²) in [5.74, 6) is -1.29. The van der Waals surface area contributed by atoms with Crippen molar-refractivity contribution in [3.05, 3.63) is 53.6 Å². The van der Waals surface area contributed by atoms with Gasteiger partial charge in [0.05, 0.1) is 17.4 Å². The standard InChI is InChI=1S/C17H15N5O3/c18-9-13-2-3-14(11-19-13)21-5-7-22(8-6-21)16(23)15-4-1-12(10-20-15)17(24)25/h1-4,10-11H,5-8H2,(H,24,25). The highest BCUT2D eigenvalue weighted by atomic mass is 16.4. The highest BCUT2D eigenvalue weighted by molar-refractivity contribution is 5.94. The van der Waals surface area contributed by atoms with E-state index in [-0.39, 0.29) is 17.2 Å². The van der Waals surface area contributed by atoms with Crippen LogP contribution in [0.2, 0.25) is 0 Å². The zero-order valence-corrected chi connectivity index (χ0v) is 13.3. The molecular formula is C17H15N5O3. The second-order valence-electron chi connectivity index (χ2n) is 5.53. The third kappa shape index (κ3) is 3.55. The van der Waals surface area contributed by atoms with Crippen molar-refractivity contribution in [2.75, 3.05) is 31.1 Å². The van der Waals surface area contributed by atoms with Crippen molar-refractivity contribution in [3.63, 3.8) is 0 Å². The minimum atomic E-state index is -1.07. The second kappa shape index (κ2) is 6.97. The van der Waals surface area contributed by atoms with Crippen LogP contribution in [0.15, 0.2) is 36.7 Å². The summed E-state index contributed by atoms with van der Waals surface area (Å²) in [6, 6.07) is 8.30. The summed E-state index contributed by atoms with van der Waals surface area (Å²) >= 11 is 0. The Bertz CT molecular complexity index is 819.